The molecule has 31 heavy (non-hydrogen) atoms. The molecule has 2 amide bonds. The van der Waals surface area contributed by atoms with Gasteiger partial charge in [-0.15, -0.1) is 0 Å². The van der Waals surface area contributed by atoms with Crippen molar-refractivity contribution in [3.8, 4) is 0 Å². The summed E-state index contributed by atoms with van der Waals surface area (Å²) in [6.45, 7) is 6.20. The fraction of sp³-hybridized carbons (Fsp3) is 0.292. The first-order valence-electron chi connectivity index (χ1n) is 10.1. The van der Waals surface area contributed by atoms with Gasteiger partial charge in [-0.3, -0.25) is 9.59 Å². The Labute approximate surface area is 187 Å². The molecule has 1 unspecified atom stereocenters. The van der Waals surface area contributed by atoms with Gasteiger partial charge < -0.3 is 15.2 Å². The van der Waals surface area contributed by atoms with E-state index in [1.54, 1.807) is 30.5 Å². The second-order valence-electron chi connectivity index (χ2n) is 8.46. The minimum absolute atomic E-state index is 0.0105. The van der Waals surface area contributed by atoms with Gasteiger partial charge in [-0.2, -0.15) is 0 Å². The number of hydrogen-bond acceptors (Lipinski definition) is 3. The second-order valence-corrected chi connectivity index (χ2v) is 8.89. The molecule has 0 bridgehead atoms. The lowest BCUT2D eigenvalue weighted by Crippen LogP contribution is -2.39. The lowest BCUT2D eigenvalue weighted by Gasteiger charge is -2.20. The third-order valence-electron chi connectivity index (χ3n) is 5.05. The van der Waals surface area contributed by atoms with Gasteiger partial charge in [0.15, 0.2) is 0 Å². The van der Waals surface area contributed by atoms with Crippen LogP contribution in [0, 0.1) is 0 Å². The topological polar surface area (TPSA) is 76.0 Å². The van der Waals surface area contributed by atoms with E-state index in [4.69, 9.17) is 11.6 Å². The lowest BCUT2D eigenvalue weighted by atomic mass is 9.87. The molecule has 7 heteroatoms. The molecule has 0 saturated heterocycles. The van der Waals surface area contributed by atoms with Crippen LogP contribution in [0.2, 0.25) is 5.02 Å². The Morgan fingerprint density at radius 2 is 1.71 bits per heavy atom. The Balaban J connectivity index is 1.66. The molecule has 0 aliphatic rings. The number of halogens is 1. The summed E-state index contributed by atoms with van der Waals surface area (Å²) in [5.41, 5.74) is 2.51. The van der Waals surface area contributed by atoms with Crippen molar-refractivity contribution in [1.29, 1.82) is 0 Å². The van der Waals surface area contributed by atoms with Gasteiger partial charge >= 0.3 is 0 Å². The summed E-state index contributed by atoms with van der Waals surface area (Å²) in [5.74, 6) is 0.0676. The normalized spacial score (nSPS) is 12.3. The molecule has 3 rings (SSSR count). The van der Waals surface area contributed by atoms with E-state index in [-0.39, 0.29) is 23.8 Å². The minimum atomic E-state index is -0.465. The van der Waals surface area contributed by atoms with Gasteiger partial charge in [-0.05, 0) is 40.8 Å². The molecule has 3 aromatic rings. The van der Waals surface area contributed by atoms with E-state index in [1.165, 1.54) is 0 Å². The summed E-state index contributed by atoms with van der Waals surface area (Å²) in [6, 6.07) is 14.2. The van der Waals surface area contributed by atoms with E-state index in [2.05, 4.69) is 36.4 Å². The Hall–Kier alpha value is -3.12. The number of benzene rings is 2. The molecule has 0 spiro atoms. The number of nitrogens with one attached hydrogen (secondary N) is 2. The van der Waals surface area contributed by atoms with Gasteiger partial charge in [0.2, 0.25) is 5.91 Å². The predicted molar refractivity (Wildman–Crippen MR) is 122 cm³/mol. The highest BCUT2D eigenvalue weighted by Crippen LogP contribution is 2.23. The quantitative estimate of drug-likeness (QED) is 0.610. The molecule has 0 fully saturated rings. The van der Waals surface area contributed by atoms with Crippen molar-refractivity contribution in [1.82, 2.24) is 20.2 Å². The number of amides is 2. The zero-order chi connectivity index (χ0) is 22.6. The molecule has 1 atom stereocenters. The molecule has 1 heterocycles. The number of aryl methyl sites for hydroxylation is 1. The van der Waals surface area contributed by atoms with E-state index >= 15 is 0 Å². The average molecular weight is 439 g/mol. The van der Waals surface area contributed by atoms with Crippen LogP contribution in [0.25, 0.3) is 0 Å². The maximum absolute atomic E-state index is 12.6. The Morgan fingerprint density at radius 3 is 2.26 bits per heavy atom. The molecule has 6 nitrogen and oxygen atoms in total. The first-order chi connectivity index (χ1) is 14.6. The molecule has 2 aromatic carbocycles. The summed E-state index contributed by atoms with van der Waals surface area (Å²) in [6.07, 6.45) is 3.49. The van der Waals surface area contributed by atoms with Crippen LogP contribution < -0.4 is 10.6 Å². The number of hydrogen-bond donors (Lipinski definition) is 2. The van der Waals surface area contributed by atoms with Crippen molar-refractivity contribution >= 4 is 23.4 Å². The van der Waals surface area contributed by atoms with Crippen LogP contribution in [0.1, 0.15) is 54.1 Å². The van der Waals surface area contributed by atoms with Crippen LogP contribution in [-0.4, -0.2) is 27.9 Å². The van der Waals surface area contributed by atoms with Crippen molar-refractivity contribution in [2.45, 2.75) is 32.2 Å². The highest BCUT2D eigenvalue weighted by molar-refractivity contribution is 6.30. The number of carbonyl (C=O) groups is 2. The molecule has 0 saturated carbocycles. The highest BCUT2D eigenvalue weighted by atomic mass is 35.5. The van der Waals surface area contributed by atoms with E-state index in [1.807, 2.05) is 42.1 Å². The smallest absolute Gasteiger partial charge is 0.251 e. The third-order valence-corrected chi connectivity index (χ3v) is 5.30. The summed E-state index contributed by atoms with van der Waals surface area (Å²) in [7, 11) is 1.86. The van der Waals surface area contributed by atoms with Gasteiger partial charge in [0.1, 0.15) is 11.9 Å². The zero-order valence-corrected chi connectivity index (χ0v) is 18.9. The highest BCUT2D eigenvalue weighted by Gasteiger charge is 2.21. The van der Waals surface area contributed by atoms with Crippen LogP contribution in [0.4, 0.5) is 0 Å². The summed E-state index contributed by atoms with van der Waals surface area (Å²) >= 11 is 6.00. The van der Waals surface area contributed by atoms with Crippen molar-refractivity contribution in [2.24, 2.45) is 7.05 Å². The number of rotatable bonds is 6. The molecular weight excluding hydrogens is 412 g/mol. The molecule has 0 aliphatic carbocycles. The summed E-state index contributed by atoms with van der Waals surface area (Å²) in [4.78, 5) is 29.5. The van der Waals surface area contributed by atoms with Crippen molar-refractivity contribution in [3.63, 3.8) is 0 Å². The van der Waals surface area contributed by atoms with E-state index < -0.39 is 6.04 Å². The number of nitrogens with zero attached hydrogens (tertiary/aromatic N) is 2. The van der Waals surface area contributed by atoms with E-state index in [0.29, 0.717) is 16.4 Å². The van der Waals surface area contributed by atoms with Gasteiger partial charge in [-0.1, -0.05) is 56.6 Å². The van der Waals surface area contributed by atoms with Crippen LogP contribution >= 0.6 is 11.6 Å². The maximum Gasteiger partial charge on any atom is 0.251 e. The van der Waals surface area contributed by atoms with Gasteiger partial charge in [0.25, 0.3) is 5.91 Å². The van der Waals surface area contributed by atoms with Crippen molar-refractivity contribution in [3.05, 3.63) is 88.5 Å². The first-order valence-corrected chi connectivity index (χ1v) is 10.4. The lowest BCUT2D eigenvalue weighted by molar-refractivity contribution is -0.120. The van der Waals surface area contributed by atoms with Gasteiger partial charge in [0, 0.05) is 30.0 Å². The monoisotopic (exact) mass is 438 g/mol. The molecule has 1 aromatic heterocycles. The summed E-state index contributed by atoms with van der Waals surface area (Å²) < 4.78 is 1.84. The van der Waals surface area contributed by atoms with E-state index in [9.17, 15) is 9.59 Å². The van der Waals surface area contributed by atoms with Crippen LogP contribution in [0.5, 0.6) is 0 Å². The van der Waals surface area contributed by atoms with Crippen LogP contribution in [0.15, 0.2) is 60.9 Å². The number of carbonyl (C=O) groups excluding carboxylic acids is 2. The van der Waals surface area contributed by atoms with Crippen LogP contribution in [0.3, 0.4) is 0 Å². The first kappa shape index (κ1) is 22.6. The van der Waals surface area contributed by atoms with Gasteiger partial charge in [-0.25, -0.2) is 4.98 Å². The fourth-order valence-electron chi connectivity index (χ4n) is 3.20. The Morgan fingerprint density at radius 1 is 1.06 bits per heavy atom. The molecular formula is C24H27ClN4O2. The van der Waals surface area contributed by atoms with E-state index in [0.717, 1.165) is 11.1 Å². The average Bonchev–Trinajstić information content (AvgIpc) is 3.16. The molecule has 0 aliphatic heterocycles. The number of imidazole rings is 1. The zero-order valence-electron chi connectivity index (χ0n) is 18.1. The predicted octanol–water partition coefficient (Wildman–Crippen LogP) is 4.01. The minimum Gasteiger partial charge on any atom is -0.343 e. The molecule has 0 radical (unpaired) electrons. The van der Waals surface area contributed by atoms with Crippen molar-refractivity contribution in [2.75, 3.05) is 6.54 Å². The standard InChI is InChI=1S/C24H27ClN4O2/c1-24(2,3)18-9-5-17(6-10-18)23(31)27-15-20(30)28-21(22-26-13-14-29(22)4)16-7-11-19(25)12-8-16/h5-14,21H,15H2,1-4H3,(H,27,31)(H,28,30). The van der Waals surface area contributed by atoms with Gasteiger partial charge in [0.05, 0.1) is 6.54 Å². The molecule has 162 valence electrons. The Kier molecular flexibility index (Phi) is 6.81. The Bertz CT molecular complexity index is 1050. The van der Waals surface area contributed by atoms with Crippen molar-refractivity contribution < 1.29 is 9.59 Å². The fourth-order valence-corrected chi connectivity index (χ4v) is 3.33. The maximum atomic E-state index is 12.6. The largest absolute Gasteiger partial charge is 0.343 e. The second kappa shape index (κ2) is 9.35. The summed E-state index contributed by atoms with van der Waals surface area (Å²) in [5, 5.41) is 6.24. The SMILES string of the molecule is Cn1ccnc1C(NC(=O)CNC(=O)c1ccc(C(C)(C)C)cc1)c1ccc(Cl)cc1. The third kappa shape index (κ3) is 5.73. The molecule has 2 N–H and O–H groups in total. The van der Waals surface area contributed by atoms with Crippen LogP contribution in [-0.2, 0) is 17.3 Å². The number of aromatic nitrogens is 2.